The van der Waals surface area contributed by atoms with Crippen LogP contribution in [0.1, 0.15) is 50.8 Å². The number of nitrogens with zero attached hydrogens (tertiary/aromatic N) is 3. The molecule has 2 aromatic carbocycles. The Hall–Kier alpha value is -3.52. The number of amides is 1. The first-order chi connectivity index (χ1) is 15.3. The third-order valence-corrected chi connectivity index (χ3v) is 5.38. The summed E-state index contributed by atoms with van der Waals surface area (Å²) in [5.41, 5.74) is 2.46. The van der Waals surface area contributed by atoms with Crippen molar-refractivity contribution in [2.75, 3.05) is 6.54 Å². The van der Waals surface area contributed by atoms with Crippen LogP contribution in [0, 0.1) is 0 Å². The molecule has 0 saturated heterocycles. The maximum atomic E-state index is 13.1. The van der Waals surface area contributed by atoms with Gasteiger partial charge in [0.25, 0.3) is 5.91 Å². The first-order valence-corrected chi connectivity index (χ1v) is 10.6. The molecule has 0 fully saturated rings. The third-order valence-electron chi connectivity index (χ3n) is 5.38. The summed E-state index contributed by atoms with van der Waals surface area (Å²) >= 11 is 0. The van der Waals surface area contributed by atoms with Crippen LogP contribution in [-0.4, -0.2) is 33.8 Å². The summed E-state index contributed by atoms with van der Waals surface area (Å²) in [6, 6.07) is 12.6. The lowest BCUT2D eigenvalue weighted by Crippen LogP contribution is -2.34. The number of hydrogen-bond donors (Lipinski definition) is 2. The molecule has 1 amide bonds. The Kier molecular flexibility index (Phi) is 6.05. The average Bonchev–Trinajstić information content (AvgIpc) is 3.25. The highest BCUT2D eigenvalue weighted by atomic mass is 16.6. The SMILES string of the molecule is CCC(NC(=O)C1=CCCN=C1Oc1ccc2nonc2c1)c1ccc(C(C)(C)O)cc1. The molecular formula is C24H26N4O4. The van der Waals surface area contributed by atoms with Crippen molar-refractivity contribution in [1.82, 2.24) is 15.6 Å². The number of hydrogen-bond acceptors (Lipinski definition) is 7. The highest BCUT2D eigenvalue weighted by Crippen LogP contribution is 2.25. The zero-order valence-corrected chi connectivity index (χ0v) is 18.3. The van der Waals surface area contributed by atoms with Crippen molar-refractivity contribution in [3.63, 3.8) is 0 Å². The fourth-order valence-electron chi connectivity index (χ4n) is 3.54. The Balaban J connectivity index is 1.48. The predicted molar refractivity (Wildman–Crippen MR) is 120 cm³/mol. The van der Waals surface area contributed by atoms with E-state index >= 15 is 0 Å². The molecule has 0 spiro atoms. The number of ether oxygens (including phenoxy) is 1. The number of aliphatic hydroxyl groups is 1. The van der Waals surface area contributed by atoms with Gasteiger partial charge in [0.2, 0.25) is 5.90 Å². The van der Waals surface area contributed by atoms with Crippen LogP contribution in [-0.2, 0) is 10.4 Å². The first-order valence-electron chi connectivity index (χ1n) is 10.6. The molecule has 1 aliphatic rings. The highest BCUT2D eigenvalue weighted by Gasteiger charge is 2.24. The van der Waals surface area contributed by atoms with Crippen LogP contribution in [0.4, 0.5) is 0 Å². The second kappa shape index (κ2) is 8.92. The predicted octanol–water partition coefficient (Wildman–Crippen LogP) is 3.83. The number of aliphatic imine (C=N–C) groups is 1. The van der Waals surface area contributed by atoms with Gasteiger partial charge in [0.1, 0.15) is 16.8 Å². The molecule has 0 saturated carbocycles. The van der Waals surface area contributed by atoms with E-state index in [-0.39, 0.29) is 17.8 Å². The molecule has 1 atom stereocenters. The van der Waals surface area contributed by atoms with Crippen molar-refractivity contribution >= 4 is 22.8 Å². The van der Waals surface area contributed by atoms with Gasteiger partial charge >= 0.3 is 0 Å². The minimum Gasteiger partial charge on any atom is -0.438 e. The Morgan fingerprint density at radius 2 is 1.94 bits per heavy atom. The van der Waals surface area contributed by atoms with Crippen molar-refractivity contribution in [1.29, 1.82) is 0 Å². The van der Waals surface area contributed by atoms with E-state index in [1.165, 1.54) is 0 Å². The molecule has 0 bridgehead atoms. The van der Waals surface area contributed by atoms with Crippen molar-refractivity contribution < 1.29 is 19.3 Å². The summed E-state index contributed by atoms with van der Waals surface area (Å²) in [7, 11) is 0. The molecule has 2 N–H and O–H groups in total. The summed E-state index contributed by atoms with van der Waals surface area (Å²) < 4.78 is 10.6. The summed E-state index contributed by atoms with van der Waals surface area (Å²) in [5, 5.41) is 20.8. The molecule has 1 aromatic heterocycles. The lowest BCUT2D eigenvalue weighted by molar-refractivity contribution is -0.117. The topological polar surface area (TPSA) is 110 Å². The number of carbonyl (C=O) groups excluding carboxylic acids is 1. The van der Waals surface area contributed by atoms with Gasteiger partial charge in [0, 0.05) is 12.6 Å². The quantitative estimate of drug-likeness (QED) is 0.610. The van der Waals surface area contributed by atoms with Gasteiger partial charge in [0.15, 0.2) is 0 Å². The van der Waals surface area contributed by atoms with Crippen molar-refractivity contribution in [2.24, 2.45) is 4.99 Å². The Labute approximate surface area is 186 Å². The molecule has 2 heterocycles. The molecule has 0 radical (unpaired) electrons. The normalized spacial score (nSPS) is 15.1. The Morgan fingerprint density at radius 1 is 1.19 bits per heavy atom. The molecule has 8 heteroatoms. The van der Waals surface area contributed by atoms with Gasteiger partial charge in [-0.2, -0.15) is 0 Å². The van der Waals surface area contributed by atoms with Gasteiger partial charge < -0.3 is 15.2 Å². The van der Waals surface area contributed by atoms with Crippen molar-refractivity contribution in [2.45, 2.75) is 45.3 Å². The van der Waals surface area contributed by atoms with Gasteiger partial charge in [-0.15, -0.1) is 0 Å². The molecule has 166 valence electrons. The van der Waals surface area contributed by atoms with E-state index in [2.05, 4.69) is 20.6 Å². The number of dihydropyridines is 1. The van der Waals surface area contributed by atoms with E-state index in [0.717, 1.165) is 11.1 Å². The second-order valence-electron chi connectivity index (χ2n) is 8.23. The highest BCUT2D eigenvalue weighted by molar-refractivity contribution is 6.19. The largest absolute Gasteiger partial charge is 0.438 e. The maximum absolute atomic E-state index is 13.1. The first kappa shape index (κ1) is 21.7. The van der Waals surface area contributed by atoms with Crippen LogP contribution in [0.25, 0.3) is 11.0 Å². The molecule has 1 aliphatic heterocycles. The van der Waals surface area contributed by atoms with E-state index in [0.29, 0.717) is 41.7 Å². The van der Waals surface area contributed by atoms with E-state index < -0.39 is 5.60 Å². The van der Waals surface area contributed by atoms with Gasteiger partial charge in [0.05, 0.1) is 17.2 Å². The fraction of sp³-hybridized carbons (Fsp3) is 0.333. The molecule has 1 unspecified atom stereocenters. The van der Waals surface area contributed by atoms with E-state index in [9.17, 15) is 9.90 Å². The van der Waals surface area contributed by atoms with Crippen LogP contribution < -0.4 is 10.1 Å². The van der Waals surface area contributed by atoms with E-state index in [4.69, 9.17) is 9.37 Å². The van der Waals surface area contributed by atoms with Crippen LogP contribution in [0.3, 0.4) is 0 Å². The molecule has 3 aromatic rings. The summed E-state index contributed by atoms with van der Waals surface area (Å²) in [4.78, 5) is 17.5. The summed E-state index contributed by atoms with van der Waals surface area (Å²) in [6.07, 6.45) is 3.22. The molecule has 0 aliphatic carbocycles. The Bertz CT molecular complexity index is 1170. The van der Waals surface area contributed by atoms with Crippen molar-refractivity contribution in [3.8, 4) is 5.75 Å². The second-order valence-corrected chi connectivity index (χ2v) is 8.23. The number of rotatable bonds is 6. The van der Waals surface area contributed by atoms with Crippen LogP contribution >= 0.6 is 0 Å². The minimum absolute atomic E-state index is 0.181. The van der Waals surface area contributed by atoms with Gasteiger partial charge in [-0.25, -0.2) is 4.63 Å². The lowest BCUT2D eigenvalue weighted by atomic mass is 9.95. The number of benzene rings is 2. The molecule has 8 nitrogen and oxygen atoms in total. The van der Waals surface area contributed by atoms with E-state index in [1.807, 2.05) is 37.3 Å². The maximum Gasteiger partial charge on any atom is 0.256 e. The standard InChI is InChI=1S/C24H26N4O4/c1-4-19(15-7-9-16(10-8-15)24(2,3)30)26-22(29)18-6-5-13-25-23(18)31-17-11-12-20-21(14-17)28-32-27-20/h6-12,14,19,30H,4-5,13H2,1-3H3,(H,26,29). The molecular weight excluding hydrogens is 408 g/mol. The zero-order chi connectivity index (χ0) is 22.7. The smallest absolute Gasteiger partial charge is 0.256 e. The van der Waals surface area contributed by atoms with Crippen LogP contribution in [0.15, 0.2) is 63.7 Å². The third kappa shape index (κ3) is 4.70. The van der Waals surface area contributed by atoms with Crippen molar-refractivity contribution in [3.05, 3.63) is 65.2 Å². The van der Waals surface area contributed by atoms with Gasteiger partial charge in [-0.05, 0) is 60.3 Å². The molecule has 32 heavy (non-hydrogen) atoms. The average molecular weight is 434 g/mol. The number of aromatic nitrogens is 2. The molecule has 4 rings (SSSR count). The summed E-state index contributed by atoms with van der Waals surface area (Å²) in [6.45, 7) is 6.05. The summed E-state index contributed by atoms with van der Waals surface area (Å²) in [5.74, 6) is 0.532. The number of fused-ring (bicyclic) bond motifs is 1. The van der Waals surface area contributed by atoms with Crippen LogP contribution in [0.5, 0.6) is 5.75 Å². The number of carbonyl (C=O) groups is 1. The Morgan fingerprint density at radius 3 is 2.66 bits per heavy atom. The van der Waals surface area contributed by atoms with Gasteiger partial charge in [-0.3, -0.25) is 9.79 Å². The monoisotopic (exact) mass is 434 g/mol. The fourth-order valence-corrected chi connectivity index (χ4v) is 3.54. The number of nitrogens with one attached hydrogen (secondary N) is 1. The van der Waals surface area contributed by atoms with Crippen LogP contribution in [0.2, 0.25) is 0 Å². The van der Waals surface area contributed by atoms with Gasteiger partial charge in [-0.1, -0.05) is 37.3 Å². The lowest BCUT2D eigenvalue weighted by Gasteiger charge is -2.22. The van der Waals surface area contributed by atoms with E-state index in [1.54, 1.807) is 32.0 Å². The minimum atomic E-state index is -0.913. The zero-order valence-electron chi connectivity index (χ0n) is 18.3.